The minimum absolute atomic E-state index is 0.557. The van der Waals surface area contributed by atoms with Crippen molar-refractivity contribution in [1.29, 1.82) is 0 Å². The average molecular weight is 98.1 g/mol. The maximum absolute atomic E-state index is 5.63. The third-order valence-electron chi connectivity index (χ3n) is 2.16. The average Bonchev–Trinajstić information content (AvgIpc) is 2.26. The van der Waals surface area contributed by atoms with Gasteiger partial charge in [-0.2, -0.15) is 0 Å². The second-order valence-corrected chi connectivity index (χ2v) is 2.56. The highest BCUT2D eigenvalue weighted by Gasteiger charge is 2.50. The molecule has 0 radical (unpaired) electrons. The lowest BCUT2D eigenvalue weighted by atomic mass is 10.4. The molecule has 7 heavy (non-hydrogen) atoms. The Balaban J connectivity index is 2.06. The van der Waals surface area contributed by atoms with Crippen LogP contribution in [0.4, 0.5) is 0 Å². The lowest BCUT2D eigenvalue weighted by molar-refractivity contribution is 0.677. The minimum Gasteiger partial charge on any atom is -0.327 e. The van der Waals surface area contributed by atoms with Gasteiger partial charge in [0.05, 0.1) is 0 Å². The third-order valence-corrected chi connectivity index (χ3v) is 2.16. The summed E-state index contributed by atoms with van der Waals surface area (Å²) >= 11 is 0. The van der Waals surface area contributed by atoms with Crippen LogP contribution in [-0.4, -0.2) is 19.1 Å². The molecule has 1 heterocycles. The number of piperidine rings is 1. The molecule has 2 fully saturated rings. The SMILES string of the molecule is NC1[C@H]2CNC[C@@H]12. The van der Waals surface area contributed by atoms with Crippen molar-refractivity contribution in [2.75, 3.05) is 13.1 Å². The zero-order chi connectivity index (χ0) is 4.85. The van der Waals surface area contributed by atoms with Crippen molar-refractivity contribution < 1.29 is 0 Å². The van der Waals surface area contributed by atoms with Gasteiger partial charge in [-0.3, -0.25) is 0 Å². The summed E-state index contributed by atoms with van der Waals surface area (Å²) in [7, 11) is 0. The lowest BCUT2D eigenvalue weighted by Gasteiger charge is -1.94. The predicted molar refractivity (Wildman–Crippen MR) is 27.8 cm³/mol. The second kappa shape index (κ2) is 1.01. The van der Waals surface area contributed by atoms with Gasteiger partial charge >= 0.3 is 0 Å². The molecule has 1 aliphatic carbocycles. The topological polar surface area (TPSA) is 38.0 Å². The van der Waals surface area contributed by atoms with E-state index in [9.17, 15) is 0 Å². The van der Waals surface area contributed by atoms with Gasteiger partial charge in [0, 0.05) is 6.04 Å². The van der Waals surface area contributed by atoms with E-state index < -0.39 is 0 Å². The van der Waals surface area contributed by atoms with Crippen molar-refractivity contribution in [3.8, 4) is 0 Å². The molecule has 1 aliphatic heterocycles. The molecule has 3 atom stereocenters. The van der Waals surface area contributed by atoms with E-state index in [1.807, 2.05) is 0 Å². The fourth-order valence-electron chi connectivity index (χ4n) is 1.47. The fraction of sp³-hybridized carbons (Fsp3) is 1.00. The fourth-order valence-corrected chi connectivity index (χ4v) is 1.47. The summed E-state index contributed by atoms with van der Waals surface area (Å²) < 4.78 is 0. The van der Waals surface area contributed by atoms with Gasteiger partial charge in [0.25, 0.3) is 0 Å². The molecule has 2 rings (SSSR count). The highest BCUT2D eigenvalue weighted by atomic mass is 15.0. The van der Waals surface area contributed by atoms with Gasteiger partial charge in [-0.25, -0.2) is 0 Å². The molecule has 0 aromatic heterocycles. The van der Waals surface area contributed by atoms with E-state index >= 15 is 0 Å². The zero-order valence-electron chi connectivity index (χ0n) is 4.22. The first-order valence-electron chi connectivity index (χ1n) is 2.86. The highest BCUT2D eigenvalue weighted by molar-refractivity contribution is 5.07. The molecule has 2 aliphatic rings. The first kappa shape index (κ1) is 3.87. The van der Waals surface area contributed by atoms with Gasteiger partial charge in [0.2, 0.25) is 0 Å². The molecular formula is C5H10N2. The Bertz CT molecular complexity index is 82.1. The van der Waals surface area contributed by atoms with Crippen molar-refractivity contribution in [2.24, 2.45) is 17.6 Å². The van der Waals surface area contributed by atoms with Crippen molar-refractivity contribution in [1.82, 2.24) is 5.32 Å². The molecule has 3 N–H and O–H groups in total. The molecule has 0 aromatic carbocycles. The van der Waals surface area contributed by atoms with Crippen molar-refractivity contribution >= 4 is 0 Å². The Morgan fingerprint density at radius 3 is 2.14 bits per heavy atom. The first-order chi connectivity index (χ1) is 3.39. The monoisotopic (exact) mass is 98.1 g/mol. The van der Waals surface area contributed by atoms with Crippen LogP contribution in [-0.2, 0) is 0 Å². The van der Waals surface area contributed by atoms with E-state index in [4.69, 9.17) is 5.73 Å². The lowest BCUT2D eigenvalue weighted by Crippen LogP contribution is -2.21. The van der Waals surface area contributed by atoms with E-state index in [1.165, 1.54) is 13.1 Å². The quantitative estimate of drug-likeness (QED) is 0.414. The second-order valence-electron chi connectivity index (χ2n) is 2.56. The third kappa shape index (κ3) is 0.359. The van der Waals surface area contributed by atoms with Crippen LogP contribution in [0.1, 0.15) is 0 Å². The summed E-state index contributed by atoms with van der Waals surface area (Å²) in [6.07, 6.45) is 0. The van der Waals surface area contributed by atoms with Crippen LogP contribution in [0.3, 0.4) is 0 Å². The van der Waals surface area contributed by atoms with Crippen LogP contribution < -0.4 is 11.1 Å². The normalized spacial score (nSPS) is 57.0. The van der Waals surface area contributed by atoms with E-state index in [0.717, 1.165) is 11.8 Å². The van der Waals surface area contributed by atoms with E-state index in [-0.39, 0.29) is 0 Å². The molecule has 40 valence electrons. The van der Waals surface area contributed by atoms with Crippen molar-refractivity contribution in [2.45, 2.75) is 6.04 Å². The summed E-state index contributed by atoms with van der Waals surface area (Å²) in [5, 5.41) is 3.27. The van der Waals surface area contributed by atoms with Gasteiger partial charge in [0.1, 0.15) is 0 Å². The van der Waals surface area contributed by atoms with Crippen LogP contribution in [0.5, 0.6) is 0 Å². The maximum atomic E-state index is 5.63. The molecule has 1 saturated carbocycles. The Hall–Kier alpha value is -0.0800. The number of nitrogens with one attached hydrogen (secondary N) is 1. The van der Waals surface area contributed by atoms with Gasteiger partial charge in [-0.15, -0.1) is 0 Å². The van der Waals surface area contributed by atoms with E-state index in [0.29, 0.717) is 6.04 Å². The van der Waals surface area contributed by atoms with Crippen molar-refractivity contribution in [3.63, 3.8) is 0 Å². The smallest absolute Gasteiger partial charge is 0.0127 e. The van der Waals surface area contributed by atoms with Gasteiger partial charge in [0.15, 0.2) is 0 Å². The number of hydrogen-bond donors (Lipinski definition) is 2. The molecule has 0 bridgehead atoms. The summed E-state index contributed by atoms with van der Waals surface area (Å²) in [5.41, 5.74) is 5.63. The van der Waals surface area contributed by atoms with E-state index in [1.54, 1.807) is 0 Å². The molecule has 1 unspecified atom stereocenters. The number of hydrogen-bond acceptors (Lipinski definition) is 2. The maximum Gasteiger partial charge on any atom is 0.0127 e. The zero-order valence-corrected chi connectivity index (χ0v) is 4.22. The van der Waals surface area contributed by atoms with Gasteiger partial charge < -0.3 is 11.1 Å². The molecule has 0 amide bonds. The van der Waals surface area contributed by atoms with Gasteiger partial charge in [-0.05, 0) is 24.9 Å². The molecule has 0 spiro atoms. The molecule has 2 nitrogen and oxygen atoms in total. The standard InChI is InChI=1S/C5H10N2/c6-5-3-1-7-2-4(3)5/h3-5,7H,1-2,6H2/t3-,4+,5?. The highest BCUT2D eigenvalue weighted by Crippen LogP contribution is 2.39. The molecule has 1 saturated heterocycles. The Kier molecular flexibility index (Phi) is 0.557. The minimum atomic E-state index is 0.557. The Morgan fingerprint density at radius 2 is 1.86 bits per heavy atom. The first-order valence-corrected chi connectivity index (χ1v) is 2.86. The van der Waals surface area contributed by atoms with Crippen LogP contribution in [0.25, 0.3) is 0 Å². The summed E-state index contributed by atoms with van der Waals surface area (Å²) in [5.74, 6) is 1.69. The molecular weight excluding hydrogens is 88.1 g/mol. The Morgan fingerprint density at radius 1 is 1.29 bits per heavy atom. The Labute approximate surface area is 43.1 Å². The number of rotatable bonds is 0. The largest absolute Gasteiger partial charge is 0.327 e. The molecule has 0 aromatic rings. The van der Waals surface area contributed by atoms with Crippen LogP contribution >= 0.6 is 0 Å². The van der Waals surface area contributed by atoms with Crippen LogP contribution in [0.2, 0.25) is 0 Å². The van der Waals surface area contributed by atoms with Crippen LogP contribution in [0, 0.1) is 11.8 Å². The van der Waals surface area contributed by atoms with Crippen molar-refractivity contribution in [3.05, 3.63) is 0 Å². The summed E-state index contributed by atoms with van der Waals surface area (Å²) in [4.78, 5) is 0. The van der Waals surface area contributed by atoms with E-state index in [2.05, 4.69) is 5.32 Å². The molecule has 2 heteroatoms. The van der Waals surface area contributed by atoms with Gasteiger partial charge in [-0.1, -0.05) is 0 Å². The summed E-state index contributed by atoms with van der Waals surface area (Å²) in [6, 6.07) is 0.557. The number of nitrogens with two attached hydrogens (primary N) is 1. The number of fused-ring (bicyclic) bond motifs is 1. The predicted octanol–water partition coefficient (Wildman–Crippen LogP) is -0.837. The van der Waals surface area contributed by atoms with Crippen LogP contribution in [0.15, 0.2) is 0 Å². The summed E-state index contributed by atoms with van der Waals surface area (Å²) in [6.45, 7) is 2.34.